The van der Waals surface area contributed by atoms with Crippen LogP contribution in [-0.2, 0) is 42.3 Å². The van der Waals surface area contributed by atoms with E-state index in [-0.39, 0.29) is 33.3 Å². The fraction of sp³-hybridized carbons (Fsp3) is 0.429. The van der Waals surface area contributed by atoms with Crippen LogP contribution < -0.4 is 11.5 Å². The zero-order valence-electron chi connectivity index (χ0n) is 8.72. The molecule has 0 aromatic rings. The van der Waals surface area contributed by atoms with Gasteiger partial charge in [-0.05, 0) is 16.3 Å². The largest absolute Gasteiger partial charge is 2.00 e. The second kappa shape index (κ2) is 9.46. The Morgan fingerprint density at radius 2 is 1.56 bits per heavy atom. The molecule has 93 valence electrons. The number of hydrogen-bond donors (Lipinski definition) is 2. The van der Waals surface area contributed by atoms with Crippen LogP contribution in [0, 0.1) is 5.92 Å². The molecule has 0 heterocycles. The normalized spacial score (nSPS) is 14.3. The molecule has 0 bridgehead atoms. The van der Waals surface area contributed by atoms with E-state index in [9.17, 15) is 0 Å². The van der Waals surface area contributed by atoms with E-state index in [2.05, 4.69) is 45.7 Å². The Labute approximate surface area is 116 Å². The zero-order valence-corrected chi connectivity index (χ0v) is 11.3. The SMILES string of the molecule is CC(C)C(/C=N\N=C(\N)[S-])=N/N=C(/N)[S-].[Cu+2]. The molecule has 0 spiro atoms. The molecule has 1 radical (unpaired) electrons. The Morgan fingerprint density at radius 1 is 1.06 bits per heavy atom. The third-order valence-electron chi connectivity index (χ3n) is 1.20. The Balaban J connectivity index is 0. The van der Waals surface area contributed by atoms with E-state index in [0.29, 0.717) is 5.71 Å². The third-order valence-corrected chi connectivity index (χ3v) is 1.37. The molecule has 0 aromatic heterocycles. The molecular formula is C7H12CuN6S2. The van der Waals surface area contributed by atoms with Crippen LogP contribution in [0.2, 0.25) is 0 Å². The second-order valence-electron chi connectivity index (χ2n) is 2.80. The molecule has 0 aliphatic heterocycles. The van der Waals surface area contributed by atoms with Crippen molar-refractivity contribution in [2.24, 2.45) is 37.8 Å². The fourth-order valence-corrected chi connectivity index (χ4v) is 0.630. The fourth-order valence-electron chi connectivity index (χ4n) is 0.542. The number of nitrogens with zero attached hydrogens (tertiary/aromatic N) is 4. The van der Waals surface area contributed by atoms with E-state index < -0.39 is 0 Å². The van der Waals surface area contributed by atoms with Crippen LogP contribution in [0.15, 0.2) is 20.4 Å². The number of nitrogens with two attached hydrogens (primary N) is 2. The van der Waals surface area contributed by atoms with E-state index in [0.717, 1.165) is 0 Å². The molecule has 0 rings (SSSR count). The maximum absolute atomic E-state index is 5.17. The summed E-state index contributed by atoms with van der Waals surface area (Å²) in [4.78, 5) is 0. The van der Waals surface area contributed by atoms with E-state index >= 15 is 0 Å². The van der Waals surface area contributed by atoms with E-state index in [1.54, 1.807) is 0 Å². The molecule has 0 fully saturated rings. The minimum absolute atomic E-state index is 0. The van der Waals surface area contributed by atoms with Crippen molar-refractivity contribution in [1.29, 1.82) is 0 Å². The standard InChI is InChI=1S/C7H14N6S2.Cu/c1-4(2)5(11-13-7(9)15)3-10-12-6(8)14;/h3-4H,1-2H3,(H3,8,12,14)(H3,9,13,15);/q;+2/p-2/b10-3-,11-5+;. The van der Waals surface area contributed by atoms with Crippen molar-refractivity contribution in [3.63, 3.8) is 0 Å². The van der Waals surface area contributed by atoms with Gasteiger partial charge in [0.05, 0.1) is 11.9 Å². The molecule has 16 heavy (non-hydrogen) atoms. The van der Waals surface area contributed by atoms with Gasteiger partial charge in [-0.15, -0.1) is 0 Å². The maximum Gasteiger partial charge on any atom is 2.00 e. The van der Waals surface area contributed by atoms with Gasteiger partial charge in [-0.3, -0.25) is 0 Å². The quantitative estimate of drug-likeness (QED) is 0.245. The second-order valence-corrected chi connectivity index (χ2v) is 3.64. The average Bonchev–Trinajstić information content (AvgIpc) is 2.09. The van der Waals surface area contributed by atoms with E-state index in [1.165, 1.54) is 6.21 Å². The van der Waals surface area contributed by atoms with Gasteiger partial charge >= 0.3 is 17.1 Å². The molecule has 0 aliphatic rings. The smallest absolute Gasteiger partial charge is 0.741 e. The Bertz CT molecular complexity index is 315. The summed E-state index contributed by atoms with van der Waals surface area (Å²) in [6, 6.07) is 0. The van der Waals surface area contributed by atoms with Gasteiger partial charge in [0.2, 0.25) is 0 Å². The summed E-state index contributed by atoms with van der Waals surface area (Å²) < 4.78 is 0. The minimum atomic E-state index is -0.0411. The molecule has 0 aliphatic carbocycles. The average molecular weight is 308 g/mol. The summed E-state index contributed by atoms with van der Waals surface area (Å²) in [6.07, 6.45) is 1.41. The molecular weight excluding hydrogens is 296 g/mol. The van der Waals surface area contributed by atoms with Gasteiger partial charge in [-0.1, -0.05) is 13.8 Å². The molecule has 0 saturated heterocycles. The number of hydrogen-bond acceptors (Lipinski definition) is 6. The van der Waals surface area contributed by atoms with Crippen molar-refractivity contribution in [1.82, 2.24) is 0 Å². The zero-order chi connectivity index (χ0) is 11.8. The van der Waals surface area contributed by atoms with Gasteiger partial charge < -0.3 is 36.7 Å². The van der Waals surface area contributed by atoms with Crippen molar-refractivity contribution in [2.75, 3.05) is 0 Å². The summed E-state index contributed by atoms with van der Waals surface area (Å²) in [5.74, 6) is 0.119. The van der Waals surface area contributed by atoms with Gasteiger partial charge in [-0.25, -0.2) is 0 Å². The monoisotopic (exact) mass is 307 g/mol. The van der Waals surface area contributed by atoms with Crippen LogP contribution in [0.4, 0.5) is 0 Å². The summed E-state index contributed by atoms with van der Waals surface area (Å²) in [5, 5.41) is 14.4. The maximum atomic E-state index is 5.17. The van der Waals surface area contributed by atoms with Crippen LogP contribution in [0.1, 0.15) is 13.8 Å². The predicted octanol–water partition coefficient (Wildman–Crippen LogP) is -0.295. The first-order valence-electron chi connectivity index (χ1n) is 4.05. The van der Waals surface area contributed by atoms with Crippen molar-refractivity contribution in [3.05, 3.63) is 0 Å². The van der Waals surface area contributed by atoms with Gasteiger partial charge in [0.25, 0.3) is 0 Å². The van der Waals surface area contributed by atoms with Gasteiger partial charge in [0.15, 0.2) is 0 Å². The van der Waals surface area contributed by atoms with E-state index in [4.69, 9.17) is 11.5 Å². The number of amidine groups is 2. The minimum Gasteiger partial charge on any atom is -0.741 e. The van der Waals surface area contributed by atoms with Crippen LogP contribution in [0.5, 0.6) is 0 Å². The molecule has 6 nitrogen and oxygen atoms in total. The summed E-state index contributed by atoms with van der Waals surface area (Å²) in [5.41, 5.74) is 10.9. The van der Waals surface area contributed by atoms with Crippen molar-refractivity contribution in [2.45, 2.75) is 13.8 Å². The Morgan fingerprint density at radius 3 is 1.94 bits per heavy atom. The molecule has 9 heteroatoms. The molecule has 0 amide bonds. The number of rotatable bonds is 4. The Hall–Kier alpha value is -0.761. The first-order chi connectivity index (χ1) is 6.93. The summed E-state index contributed by atoms with van der Waals surface area (Å²) in [7, 11) is 0. The van der Waals surface area contributed by atoms with Crippen LogP contribution >= 0.6 is 0 Å². The Kier molecular flexibility index (Phi) is 10.4. The van der Waals surface area contributed by atoms with Crippen molar-refractivity contribution in [3.8, 4) is 0 Å². The van der Waals surface area contributed by atoms with Crippen LogP contribution in [0.3, 0.4) is 0 Å². The third kappa shape index (κ3) is 9.78. The van der Waals surface area contributed by atoms with Gasteiger partial charge in [0, 0.05) is 0 Å². The van der Waals surface area contributed by atoms with Crippen molar-refractivity contribution < 1.29 is 17.1 Å². The predicted molar refractivity (Wildman–Crippen MR) is 68.7 cm³/mol. The molecule has 4 N–H and O–H groups in total. The van der Waals surface area contributed by atoms with Gasteiger partial charge in [-0.2, -0.15) is 20.4 Å². The summed E-state index contributed by atoms with van der Waals surface area (Å²) >= 11 is 9.06. The molecule has 0 unspecified atom stereocenters. The molecule has 0 atom stereocenters. The summed E-state index contributed by atoms with van der Waals surface area (Å²) in [6.45, 7) is 3.83. The molecule has 0 saturated carbocycles. The van der Waals surface area contributed by atoms with Crippen LogP contribution in [0.25, 0.3) is 0 Å². The molecule has 0 aromatic carbocycles. The van der Waals surface area contributed by atoms with E-state index in [1.807, 2.05) is 13.8 Å². The topological polar surface area (TPSA) is 101 Å². The van der Waals surface area contributed by atoms with Gasteiger partial charge in [0.1, 0.15) is 0 Å². The first kappa shape index (κ1) is 17.6. The van der Waals surface area contributed by atoms with Crippen molar-refractivity contribution >= 4 is 47.5 Å². The van der Waals surface area contributed by atoms with Crippen LogP contribution in [-0.4, -0.2) is 22.3 Å². The first-order valence-corrected chi connectivity index (χ1v) is 4.86.